The number of ether oxygens (including phenoxy) is 1. The Bertz CT molecular complexity index is 1030. The Morgan fingerprint density at radius 2 is 1.84 bits per heavy atom. The lowest BCUT2D eigenvalue weighted by atomic mass is 9.64. The van der Waals surface area contributed by atoms with Gasteiger partial charge in [-0.25, -0.2) is 4.39 Å². The van der Waals surface area contributed by atoms with Gasteiger partial charge >= 0.3 is 0 Å². The molecular weight excluding hydrogens is 409 g/mol. The topological polar surface area (TPSA) is 77.3 Å². The monoisotopic (exact) mass is 437 g/mol. The van der Waals surface area contributed by atoms with Crippen LogP contribution in [0.25, 0.3) is 11.4 Å². The maximum absolute atomic E-state index is 13.2. The first-order valence-corrected chi connectivity index (χ1v) is 11.1. The summed E-state index contributed by atoms with van der Waals surface area (Å²) in [6.07, 6.45) is 6.10. The predicted octanol–water partition coefficient (Wildman–Crippen LogP) is 4.84. The minimum atomic E-state index is -0.491. The van der Waals surface area contributed by atoms with Gasteiger partial charge in [0.15, 0.2) is 0 Å². The van der Waals surface area contributed by atoms with Crippen LogP contribution < -0.4 is 10.1 Å². The molecule has 3 aromatic rings. The molecule has 6 nitrogen and oxygen atoms in total. The van der Waals surface area contributed by atoms with E-state index in [1.165, 1.54) is 12.1 Å². The maximum atomic E-state index is 13.2. The summed E-state index contributed by atoms with van der Waals surface area (Å²) in [5, 5.41) is 7.13. The van der Waals surface area contributed by atoms with Gasteiger partial charge in [0.1, 0.15) is 11.6 Å². The molecular formula is C25H28FN3O3. The highest BCUT2D eigenvalue weighted by molar-refractivity contribution is 5.89. The highest BCUT2D eigenvalue weighted by Gasteiger charge is 2.45. The molecule has 7 heteroatoms. The SMILES string of the molecule is COc1ccc(-c2noc(CCCCCNC(=O)C3(c4ccc(F)cc4)CCC3)n2)cc1. The molecule has 0 unspecified atom stereocenters. The summed E-state index contributed by atoms with van der Waals surface area (Å²) in [7, 11) is 1.63. The minimum Gasteiger partial charge on any atom is -0.497 e. The first kappa shape index (κ1) is 22.0. The number of benzene rings is 2. The molecule has 1 fully saturated rings. The molecule has 0 aliphatic heterocycles. The van der Waals surface area contributed by atoms with Crippen molar-refractivity contribution in [3.8, 4) is 17.1 Å². The van der Waals surface area contributed by atoms with Crippen molar-refractivity contribution in [3.63, 3.8) is 0 Å². The molecule has 1 saturated carbocycles. The van der Waals surface area contributed by atoms with Crippen molar-refractivity contribution in [3.05, 3.63) is 65.8 Å². The summed E-state index contributed by atoms with van der Waals surface area (Å²) in [4.78, 5) is 17.3. The predicted molar refractivity (Wildman–Crippen MR) is 119 cm³/mol. The molecule has 0 spiro atoms. The molecule has 0 saturated heterocycles. The standard InChI is InChI=1S/C25H28FN3O3/c1-31-21-13-7-18(8-14-21)23-28-22(32-29-23)6-3-2-4-17-27-24(30)25(15-5-16-25)19-9-11-20(26)12-10-19/h7-14H,2-6,15-17H2,1H3,(H,27,30). The molecule has 1 aliphatic rings. The van der Waals surface area contributed by atoms with E-state index >= 15 is 0 Å². The van der Waals surface area contributed by atoms with E-state index in [0.29, 0.717) is 24.7 Å². The van der Waals surface area contributed by atoms with Crippen molar-refractivity contribution >= 4 is 5.91 Å². The van der Waals surface area contributed by atoms with Crippen LogP contribution in [0.4, 0.5) is 4.39 Å². The molecule has 1 N–H and O–H groups in total. The zero-order valence-electron chi connectivity index (χ0n) is 18.3. The average Bonchev–Trinajstić information content (AvgIpc) is 3.25. The number of nitrogens with one attached hydrogen (secondary N) is 1. The third-order valence-electron chi connectivity index (χ3n) is 6.21. The first-order valence-electron chi connectivity index (χ1n) is 11.1. The van der Waals surface area contributed by atoms with E-state index in [2.05, 4.69) is 15.5 Å². The average molecular weight is 438 g/mol. The summed E-state index contributed by atoms with van der Waals surface area (Å²) in [6.45, 7) is 0.628. The Morgan fingerprint density at radius 3 is 2.50 bits per heavy atom. The van der Waals surface area contributed by atoms with Gasteiger partial charge in [-0.1, -0.05) is 30.1 Å². The van der Waals surface area contributed by atoms with Crippen LogP contribution in [0.2, 0.25) is 0 Å². The van der Waals surface area contributed by atoms with Crippen LogP contribution >= 0.6 is 0 Å². The molecule has 0 radical (unpaired) electrons. The van der Waals surface area contributed by atoms with Crippen molar-refractivity contribution in [1.82, 2.24) is 15.5 Å². The van der Waals surface area contributed by atoms with Crippen molar-refractivity contribution in [1.29, 1.82) is 0 Å². The third kappa shape index (κ3) is 4.82. The fourth-order valence-corrected chi connectivity index (χ4v) is 4.11. The number of hydrogen-bond acceptors (Lipinski definition) is 5. The van der Waals surface area contributed by atoms with E-state index in [0.717, 1.165) is 55.4 Å². The quantitative estimate of drug-likeness (QED) is 0.460. The van der Waals surface area contributed by atoms with E-state index < -0.39 is 5.41 Å². The van der Waals surface area contributed by atoms with Gasteiger partial charge < -0.3 is 14.6 Å². The number of aromatic nitrogens is 2. The number of hydrogen-bond donors (Lipinski definition) is 1. The second-order valence-corrected chi connectivity index (χ2v) is 8.25. The molecule has 1 aromatic heterocycles. The molecule has 1 heterocycles. The molecule has 1 aliphatic carbocycles. The summed E-state index contributed by atoms with van der Waals surface area (Å²) in [5.41, 5.74) is 1.30. The van der Waals surface area contributed by atoms with Gasteiger partial charge in [-0.05, 0) is 67.6 Å². The minimum absolute atomic E-state index is 0.0522. The van der Waals surface area contributed by atoms with Gasteiger partial charge in [-0.3, -0.25) is 4.79 Å². The van der Waals surface area contributed by atoms with Gasteiger partial charge in [-0.2, -0.15) is 4.98 Å². The first-order chi connectivity index (χ1) is 15.6. The molecule has 2 aromatic carbocycles. The molecule has 32 heavy (non-hydrogen) atoms. The summed E-state index contributed by atoms with van der Waals surface area (Å²) in [6, 6.07) is 13.9. The van der Waals surface area contributed by atoms with Crippen molar-refractivity contribution < 1.29 is 18.4 Å². The van der Waals surface area contributed by atoms with Gasteiger partial charge in [0.25, 0.3) is 0 Å². The zero-order valence-corrected chi connectivity index (χ0v) is 18.3. The van der Waals surface area contributed by atoms with E-state index in [1.807, 2.05) is 24.3 Å². The number of methoxy groups -OCH3 is 1. The van der Waals surface area contributed by atoms with Gasteiger partial charge in [0.2, 0.25) is 17.6 Å². The fraction of sp³-hybridized carbons (Fsp3) is 0.400. The zero-order chi connectivity index (χ0) is 22.4. The van der Waals surface area contributed by atoms with E-state index in [1.54, 1.807) is 19.2 Å². The lowest BCUT2D eigenvalue weighted by Crippen LogP contribution is -2.49. The number of rotatable bonds is 10. The van der Waals surface area contributed by atoms with Crippen LogP contribution in [0.5, 0.6) is 5.75 Å². The van der Waals surface area contributed by atoms with Crippen molar-refractivity contribution in [2.45, 2.75) is 50.4 Å². The Kier molecular flexibility index (Phi) is 6.83. The van der Waals surface area contributed by atoms with Gasteiger partial charge in [0.05, 0.1) is 12.5 Å². The molecule has 168 valence electrons. The van der Waals surface area contributed by atoms with E-state index in [-0.39, 0.29) is 11.7 Å². The fourth-order valence-electron chi connectivity index (χ4n) is 4.11. The second kappa shape index (κ2) is 9.94. The molecule has 4 rings (SSSR count). The highest BCUT2D eigenvalue weighted by Crippen LogP contribution is 2.44. The van der Waals surface area contributed by atoms with Crippen LogP contribution in [0, 0.1) is 5.82 Å². The van der Waals surface area contributed by atoms with E-state index in [4.69, 9.17) is 9.26 Å². The van der Waals surface area contributed by atoms with Crippen LogP contribution in [0.3, 0.4) is 0 Å². The van der Waals surface area contributed by atoms with Crippen LogP contribution in [0.1, 0.15) is 50.0 Å². The van der Waals surface area contributed by atoms with Crippen molar-refractivity contribution in [2.24, 2.45) is 0 Å². The molecule has 0 atom stereocenters. The number of carbonyl (C=O) groups is 1. The Morgan fingerprint density at radius 1 is 1.09 bits per heavy atom. The van der Waals surface area contributed by atoms with Crippen LogP contribution in [-0.2, 0) is 16.6 Å². The maximum Gasteiger partial charge on any atom is 0.230 e. The summed E-state index contributed by atoms with van der Waals surface area (Å²) in [5.74, 6) is 1.74. The van der Waals surface area contributed by atoms with Crippen LogP contribution in [-0.4, -0.2) is 29.7 Å². The van der Waals surface area contributed by atoms with Crippen LogP contribution in [0.15, 0.2) is 53.1 Å². The normalized spacial score (nSPS) is 14.6. The summed E-state index contributed by atoms with van der Waals surface area (Å²) >= 11 is 0. The number of carbonyl (C=O) groups excluding carboxylic acids is 1. The highest BCUT2D eigenvalue weighted by atomic mass is 19.1. The van der Waals surface area contributed by atoms with E-state index in [9.17, 15) is 9.18 Å². The number of unbranched alkanes of at least 4 members (excludes halogenated alkanes) is 2. The Hall–Kier alpha value is -3.22. The number of nitrogens with zero attached hydrogens (tertiary/aromatic N) is 2. The second-order valence-electron chi connectivity index (χ2n) is 8.25. The number of amides is 1. The lowest BCUT2D eigenvalue weighted by Gasteiger charge is -2.40. The Balaban J connectivity index is 1.19. The smallest absolute Gasteiger partial charge is 0.230 e. The third-order valence-corrected chi connectivity index (χ3v) is 6.21. The Labute approximate surface area is 187 Å². The number of halogens is 1. The number of aryl methyl sites for hydroxylation is 1. The molecule has 1 amide bonds. The van der Waals surface area contributed by atoms with Gasteiger partial charge in [-0.15, -0.1) is 0 Å². The largest absolute Gasteiger partial charge is 0.497 e. The molecule has 0 bridgehead atoms. The van der Waals surface area contributed by atoms with Gasteiger partial charge in [0, 0.05) is 18.5 Å². The van der Waals surface area contributed by atoms with Crippen molar-refractivity contribution in [2.75, 3.05) is 13.7 Å². The summed E-state index contributed by atoms with van der Waals surface area (Å²) < 4.78 is 23.8. The lowest BCUT2D eigenvalue weighted by molar-refractivity contribution is -0.129.